The van der Waals surface area contributed by atoms with Gasteiger partial charge < -0.3 is 9.16 Å². The van der Waals surface area contributed by atoms with E-state index >= 15 is 0 Å². The first-order valence-corrected chi connectivity index (χ1v) is 15.1. The molecule has 3 aromatic rings. The number of Topliss-reactive ketones (excluding diaryl/α,β-unsaturated/α-hetero) is 1. The molecule has 4 heteroatoms. The molecule has 1 aliphatic carbocycles. The number of benzene rings is 3. The SMILES string of the molecule is C[C@@H](CO[Si](c1ccccc1)(c1ccccc1)C(C)(C)C)[C@@H]1CCC(=O)[C@H]1COCc1ccccc1. The fourth-order valence-corrected chi connectivity index (χ4v) is 10.5. The van der Waals surface area contributed by atoms with Crippen LogP contribution in [0.3, 0.4) is 0 Å². The third kappa shape index (κ3) is 5.72. The molecule has 0 N–H and O–H groups in total. The molecule has 0 saturated heterocycles. The van der Waals surface area contributed by atoms with Gasteiger partial charge >= 0.3 is 0 Å². The van der Waals surface area contributed by atoms with Gasteiger partial charge in [-0.25, -0.2) is 0 Å². The van der Waals surface area contributed by atoms with Crippen LogP contribution in [0.15, 0.2) is 91.0 Å². The van der Waals surface area contributed by atoms with Crippen LogP contribution in [0.2, 0.25) is 5.04 Å². The van der Waals surface area contributed by atoms with E-state index in [2.05, 4.69) is 100 Å². The second-order valence-electron chi connectivity index (χ2n) is 11.2. The third-order valence-electron chi connectivity index (χ3n) is 7.77. The molecule has 4 rings (SSSR count). The van der Waals surface area contributed by atoms with Crippen molar-refractivity contribution >= 4 is 24.5 Å². The van der Waals surface area contributed by atoms with Gasteiger partial charge in [0.1, 0.15) is 5.78 Å². The molecule has 1 aliphatic rings. The maximum atomic E-state index is 12.8. The van der Waals surface area contributed by atoms with Gasteiger partial charge in [-0.15, -0.1) is 0 Å². The average Bonchev–Trinajstić information content (AvgIpc) is 3.25. The molecule has 3 aromatic carbocycles. The predicted octanol–water partition coefficient (Wildman–Crippen LogP) is 6.01. The second kappa shape index (κ2) is 11.7. The van der Waals surface area contributed by atoms with Crippen LogP contribution in [0.5, 0.6) is 0 Å². The van der Waals surface area contributed by atoms with Crippen LogP contribution in [0, 0.1) is 17.8 Å². The van der Waals surface area contributed by atoms with Crippen molar-refractivity contribution in [3.63, 3.8) is 0 Å². The fraction of sp³-hybridized carbons (Fsp3) is 0.406. The summed E-state index contributed by atoms with van der Waals surface area (Å²) < 4.78 is 13.2. The Kier molecular flexibility index (Phi) is 8.61. The van der Waals surface area contributed by atoms with Crippen molar-refractivity contribution in [3.8, 4) is 0 Å². The van der Waals surface area contributed by atoms with Crippen LogP contribution in [-0.4, -0.2) is 27.3 Å². The Bertz CT molecular complexity index is 1050. The van der Waals surface area contributed by atoms with E-state index < -0.39 is 8.32 Å². The van der Waals surface area contributed by atoms with Gasteiger partial charge in [0.15, 0.2) is 0 Å². The first kappa shape index (κ1) is 26.5. The van der Waals surface area contributed by atoms with Crippen molar-refractivity contribution in [3.05, 3.63) is 96.6 Å². The molecule has 0 heterocycles. The monoisotopic (exact) mass is 500 g/mol. The topological polar surface area (TPSA) is 35.5 Å². The molecule has 190 valence electrons. The molecular formula is C32H40O3Si. The van der Waals surface area contributed by atoms with Crippen LogP contribution in [-0.2, 0) is 20.6 Å². The summed E-state index contributed by atoms with van der Waals surface area (Å²) in [5, 5.41) is 2.53. The van der Waals surface area contributed by atoms with E-state index in [0.717, 1.165) is 12.0 Å². The number of rotatable bonds is 10. The molecule has 1 fully saturated rings. The Morgan fingerprint density at radius 1 is 0.861 bits per heavy atom. The van der Waals surface area contributed by atoms with Gasteiger partial charge in [0.25, 0.3) is 8.32 Å². The lowest BCUT2D eigenvalue weighted by Crippen LogP contribution is -2.67. The minimum Gasteiger partial charge on any atom is -0.407 e. The molecule has 0 radical (unpaired) electrons. The van der Waals surface area contributed by atoms with Crippen molar-refractivity contribution in [2.75, 3.05) is 13.2 Å². The van der Waals surface area contributed by atoms with Gasteiger partial charge in [-0.2, -0.15) is 0 Å². The van der Waals surface area contributed by atoms with Crippen molar-refractivity contribution in [2.45, 2.75) is 52.2 Å². The number of hydrogen-bond acceptors (Lipinski definition) is 3. The van der Waals surface area contributed by atoms with E-state index in [4.69, 9.17) is 9.16 Å². The van der Waals surface area contributed by atoms with Gasteiger partial charge in [0.2, 0.25) is 0 Å². The number of hydrogen-bond donors (Lipinski definition) is 0. The summed E-state index contributed by atoms with van der Waals surface area (Å²) in [6.45, 7) is 10.9. The van der Waals surface area contributed by atoms with E-state index in [9.17, 15) is 4.79 Å². The van der Waals surface area contributed by atoms with Gasteiger partial charge in [0, 0.05) is 18.9 Å². The summed E-state index contributed by atoms with van der Waals surface area (Å²) in [6.07, 6.45) is 1.57. The highest BCUT2D eigenvalue weighted by atomic mass is 28.4. The Balaban J connectivity index is 1.52. The normalized spacial score (nSPS) is 19.4. The van der Waals surface area contributed by atoms with Crippen molar-refractivity contribution < 1.29 is 14.0 Å². The minimum absolute atomic E-state index is 0.0496. The standard InChI is InChI=1S/C32H40O3Si/c1-25(29-20-21-31(33)30(29)24-34-23-26-14-8-5-9-15-26)22-35-36(32(2,3)4,27-16-10-6-11-17-27)28-18-12-7-13-19-28/h5-19,25,29-30H,20-24H2,1-4H3/t25-,29-,30-/m0/s1. The zero-order valence-electron chi connectivity index (χ0n) is 22.2. The lowest BCUT2D eigenvalue weighted by molar-refractivity contribution is -0.123. The first-order chi connectivity index (χ1) is 17.3. The maximum absolute atomic E-state index is 12.8. The Labute approximate surface area is 218 Å². The summed E-state index contributed by atoms with van der Waals surface area (Å²) in [5.41, 5.74) is 1.14. The van der Waals surface area contributed by atoms with Gasteiger partial charge in [-0.3, -0.25) is 4.79 Å². The number of carbonyl (C=O) groups is 1. The molecule has 0 aliphatic heterocycles. The molecule has 3 atom stereocenters. The average molecular weight is 501 g/mol. The van der Waals surface area contributed by atoms with Crippen LogP contribution in [0.1, 0.15) is 46.1 Å². The summed E-state index contributed by atoms with van der Waals surface area (Å²) >= 11 is 0. The molecule has 36 heavy (non-hydrogen) atoms. The van der Waals surface area contributed by atoms with E-state index in [1.807, 2.05) is 18.2 Å². The highest BCUT2D eigenvalue weighted by Gasteiger charge is 2.50. The summed E-state index contributed by atoms with van der Waals surface area (Å²) in [5.74, 6) is 0.840. The van der Waals surface area contributed by atoms with E-state index in [-0.39, 0.29) is 22.8 Å². The molecule has 0 bridgehead atoms. The first-order valence-electron chi connectivity index (χ1n) is 13.2. The predicted molar refractivity (Wildman–Crippen MR) is 150 cm³/mol. The molecule has 0 spiro atoms. The lowest BCUT2D eigenvalue weighted by atomic mass is 9.85. The minimum atomic E-state index is -2.59. The fourth-order valence-electron chi connectivity index (χ4n) is 5.85. The maximum Gasteiger partial charge on any atom is 0.261 e. The second-order valence-corrected chi connectivity index (χ2v) is 15.5. The molecular weight excluding hydrogens is 460 g/mol. The Hall–Kier alpha value is -2.53. The summed E-state index contributed by atoms with van der Waals surface area (Å²) in [4.78, 5) is 12.8. The third-order valence-corrected chi connectivity index (χ3v) is 12.8. The van der Waals surface area contributed by atoms with Crippen molar-refractivity contribution in [1.29, 1.82) is 0 Å². The van der Waals surface area contributed by atoms with E-state index in [0.29, 0.717) is 32.0 Å². The Morgan fingerprint density at radius 3 is 1.92 bits per heavy atom. The zero-order valence-corrected chi connectivity index (χ0v) is 23.2. The number of ether oxygens (including phenoxy) is 1. The van der Waals surface area contributed by atoms with Crippen LogP contribution in [0.4, 0.5) is 0 Å². The van der Waals surface area contributed by atoms with Gasteiger partial charge in [0.05, 0.1) is 13.2 Å². The highest BCUT2D eigenvalue weighted by Crippen LogP contribution is 2.39. The number of ketones is 1. The van der Waals surface area contributed by atoms with Crippen LogP contribution in [0.25, 0.3) is 0 Å². The smallest absolute Gasteiger partial charge is 0.261 e. The Morgan fingerprint density at radius 2 is 1.39 bits per heavy atom. The molecule has 0 amide bonds. The summed E-state index contributed by atoms with van der Waals surface area (Å²) in [6, 6.07) is 31.7. The highest BCUT2D eigenvalue weighted by molar-refractivity contribution is 6.99. The largest absolute Gasteiger partial charge is 0.407 e. The van der Waals surface area contributed by atoms with Crippen molar-refractivity contribution in [2.24, 2.45) is 17.8 Å². The molecule has 0 aromatic heterocycles. The van der Waals surface area contributed by atoms with Gasteiger partial charge in [-0.05, 0) is 39.2 Å². The summed E-state index contributed by atoms with van der Waals surface area (Å²) in [7, 11) is -2.59. The van der Waals surface area contributed by atoms with E-state index in [1.54, 1.807) is 0 Å². The molecule has 0 unspecified atom stereocenters. The van der Waals surface area contributed by atoms with Gasteiger partial charge in [-0.1, -0.05) is 119 Å². The van der Waals surface area contributed by atoms with Crippen LogP contribution < -0.4 is 10.4 Å². The molecule has 1 saturated carbocycles. The van der Waals surface area contributed by atoms with Crippen molar-refractivity contribution in [1.82, 2.24) is 0 Å². The van der Waals surface area contributed by atoms with E-state index in [1.165, 1.54) is 10.4 Å². The van der Waals surface area contributed by atoms with Crippen LogP contribution >= 0.6 is 0 Å². The number of carbonyl (C=O) groups excluding carboxylic acids is 1. The molecule has 3 nitrogen and oxygen atoms in total. The lowest BCUT2D eigenvalue weighted by Gasteiger charge is -2.44. The quantitative estimate of drug-likeness (QED) is 0.320. The zero-order chi connectivity index (χ0) is 25.6.